The monoisotopic (exact) mass is 417 g/mol. The molecule has 2 aliphatic rings. The van der Waals surface area contributed by atoms with Crippen LogP contribution in [-0.4, -0.2) is 11.1 Å². The third kappa shape index (κ3) is 4.27. The van der Waals surface area contributed by atoms with E-state index in [9.17, 15) is 9.90 Å². The predicted molar refractivity (Wildman–Crippen MR) is 124 cm³/mol. The van der Waals surface area contributed by atoms with Gasteiger partial charge in [0.1, 0.15) is 0 Å². The smallest absolute Gasteiger partial charge is 0.337 e. The van der Waals surface area contributed by atoms with Crippen molar-refractivity contribution in [3.05, 3.63) is 106 Å². The second-order valence-corrected chi connectivity index (χ2v) is 8.13. The first-order valence-corrected chi connectivity index (χ1v) is 10.6. The van der Waals surface area contributed by atoms with Gasteiger partial charge in [0.15, 0.2) is 0 Å². The quantitative estimate of drug-likeness (QED) is 0.571. The summed E-state index contributed by atoms with van der Waals surface area (Å²) in [6.07, 6.45) is 10.1. The van der Waals surface area contributed by atoms with Crippen molar-refractivity contribution < 1.29 is 9.90 Å². The van der Waals surface area contributed by atoms with E-state index in [2.05, 4.69) is 54.7 Å². The zero-order chi connectivity index (χ0) is 21.1. The fourth-order valence-electron chi connectivity index (χ4n) is 4.00. The highest BCUT2D eigenvalue weighted by atomic mass is 35.5. The minimum absolute atomic E-state index is 0.167. The highest BCUT2D eigenvalue weighted by Crippen LogP contribution is 2.39. The Bertz CT molecular complexity index is 1090. The van der Waals surface area contributed by atoms with Crippen LogP contribution >= 0.6 is 11.6 Å². The van der Waals surface area contributed by atoms with Crippen molar-refractivity contribution in [2.75, 3.05) is 5.32 Å². The molecule has 152 valence electrons. The van der Waals surface area contributed by atoms with E-state index in [0.29, 0.717) is 16.6 Å². The summed E-state index contributed by atoms with van der Waals surface area (Å²) in [6, 6.07) is 16.7. The third-order valence-corrected chi connectivity index (χ3v) is 5.83. The average Bonchev–Trinajstić information content (AvgIpc) is 2.73. The molecule has 1 atom stereocenters. The van der Waals surface area contributed by atoms with Gasteiger partial charge in [0.25, 0.3) is 0 Å². The Morgan fingerprint density at radius 1 is 1.07 bits per heavy atom. The van der Waals surface area contributed by atoms with Crippen molar-refractivity contribution >= 4 is 28.8 Å². The van der Waals surface area contributed by atoms with Crippen LogP contribution in [-0.2, 0) is 4.79 Å². The molecule has 30 heavy (non-hydrogen) atoms. The van der Waals surface area contributed by atoms with E-state index in [0.717, 1.165) is 24.9 Å². The van der Waals surface area contributed by atoms with E-state index < -0.39 is 5.97 Å². The molecule has 0 aromatic heterocycles. The van der Waals surface area contributed by atoms with Gasteiger partial charge in [-0.25, -0.2) is 4.79 Å². The molecule has 0 aliphatic heterocycles. The number of halogens is 1. The normalized spacial score (nSPS) is 22.1. The van der Waals surface area contributed by atoms with Gasteiger partial charge in [0, 0.05) is 16.4 Å². The Labute approximate surface area is 182 Å². The SMILES string of the molecule is CC1CC=C(c2ccccc2)c2cc(NC3=C/CCC=C(Cl)/C=C\3C(=O)O)ccc21. The Morgan fingerprint density at radius 2 is 1.83 bits per heavy atom. The highest BCUT2D eigenvalue weighted by Gasteiger charge is 2.21. The molecule has 0 bridgehead atoms. The summed E-state index contributed by atoms with van der Waals surface area (Å²) in [6.45, 7) is 2.24. The summed E-state index contributed by atoms with van der Waals surface area (Å²) in [5, 5.41) is 13.5. The summed E-state index contributed by atoms with van der Waals surface area (Å²) in [4.78, 5) is 11.8. The van der Waals surface area contributed by atoms with E-state index >= 15 is 0 Å². The van der Waals surface area contributed by atoms with E-state index in [1.165, 1.54) is 28.3 Å². The highest BCUT2D eigenvalue weighted by molar-refractivity contribution is 6.31. The fraction of sp³-hybridized carbons (Fsp3) is 0.192. The van der Waals surface area contributed by atoms with Gasteiger partial charge in [0.05, 0.1) is 5.57 Å². The van der Waals surface area contributed by atoms with Crippen LogP contribution in [0.3, 0.4) is 0 Å². The van der Waals surface area contributed by atoms with Crippen LogP contribution < -0.4 is 5.32 Å². The van der Waals surface area contributed by atoms with Gasteiger partial charge < -0.3 is 10.4 Å². The number of carbonyl (C=O) groups is 1. The molecule has 3 nitrogen and oxygen atoms in total. The Morgan fingerprint density at radius 3 is 2.60 bits per heavy atom. The number of nitrogens with one attached hydrogen (secondary N) is 1. The van der Waals surface area contributed by atoms with Crippen molar-refractivity contribution in [3.8, 4) is 0 Å². The first-order chi connectivity index (χ1) is 14.5. The van der Waals surface area contributed by atoms with Crippen LogP contribution in [0.2, 0.25) is 0 Å². The molecule has 2 aromatic carbocycles. The largest absolute Gasteiger partial charge is 0.478 e. The number of hydrogen-bond acceptors (Lipinski definition) is 2. The molecule has 0 heterocycles. The van der Waals surface area contributed by atoms with Gasteiger partial charge in [-0.1, -0.05) is 73.2 Å². The van der Waals surface area contributed by atoms with Crippen molar-refractivity contribution in [3.63, 3.8) is 0 Å². The van der Waals surface area contributed by atoms with Gasteiger partial charge in [-0.15, -0.1) is 0 Å². The molecule has 2 aliphatic carbocycles. The summed E-state index contributed by atoms with van der Waals surface area (Å²) in [7, 11) is 0. The second kappa shape index (κ2) is 8.76. The first kappa shape index (κ1) is 20.2. The predicted octanol–water partition coefficient (Wildman–Crippen LogP) is 6.85. The zero-order valence-corrected chi connectivity index (χ0v) is 17.6. The maximum atomic E-state index is 11.8. The lowest BCUT2D eigenvalue weighted by Gasteiger charge is -2.25. The van der Waals surface area contributed by atoms with E-state index in [-0.39, 0.29) is 5.57 Å². The lowest BCUT2D eigenvalue weighted by Crippen LogP contribution is -2.12. The third-order valence-electron chi connectivity index (χ3n) is 5.57. The molecule has 0 amide bonds. The van der Waals surface area contributed by atoms with Crippen molar-refractivity contribution in [1.82, 2.24) is 0 Å². The fourth-order valence-corrected chi connectivity index (χ4v) is 4.22. The van der Waals surface area contributed by atoms with Crippen molar-refractivity contribution in [2.24, 2.45) is 0 Å². The molecule has 0 spiro atoms. The molecule has 0 fully saturated rings. The molecule has 4 heteroatoms. The zero-order valence-electron chi connectivity index (χ0n) is 16.9. The summed E-state index contributed by atoms with van der Waals surface area (Å²) >= 11 is 6.16. The van der Waals surface area contributed by atoms with Gasteiger partial charge in [0.2, 0.25) is 0 Å². The molecule has 2 aromatic rings. The number of anilines is 1. The van der Waals surface area contributed by atoms with Crippen LogP contribution in [0.4, 0.5) is 5.69 Å². The molecule has 0 saturated heterocycles. The number of carboxylic acid groups (broad SMARTS) is 1. The van der Waals surface area contributed by atoms with E-state index in [4.69, 9.17) is 11.6 Å². The maximum Gasteiger partial charge on any atom is 0.337 e. The van der Waals surface area contributed by atoms with Gasteiger partial charge in [-0.05, 0) is 65.7 Å². The van der Waals surface area contributed by atoms with Crippen LogP contribution in [0.1, 0.15) is 48.8 Å². The van der Waals surface area contributed by atoms with Gasteiger partial charge in [-0.2, -0.15) is 0 Å². The number of hydrogen-bond donors (Lipinski definition) is 2. The molecule has 2 N–H and O–H groups in total. The van der Waals surface area contributed by atoms with Gasteiger partial charge >= 0.3 is 5.97 Å². The van der Waals surface area contributed by atoms with Crippen LogP contribution in [0.25, 0.3) is 5.57 Å². The number of aliphatic carboxylic acids is 1. The molecule has 0 saturated carbocycles. The van der Waals surface area contributed by atoms with Crippen LogP contribution in [0, 0.1) is 0 Å². The number of fused-ring (bicyclic) bond motifs is 1. The molecule has 1 unspecified atom stereocenters. The Balaban J connectivity index is 1.72. The summed E-state index contributed by atoms with van der Waals surface area (Å²) in [5.41, 5.74) is 6.52. The molecular weight excluding hydrogens is 394 g/mol. The van der Waals surface area contributed by atoms with Crippen LogP contribution in [0.5, 0.6) is 0 Å². The standard InChI is InChI=1S/C26H24ClNO2/c1-17-11-13-22(18-7-3-2-4-8-18)23-16-20(12-14-21(17)23)28-25-10-6-5-9-19(27)15-24(25)26(29)30/h2-4,7-10,12-17,28H,5-6,11H2,1H3,(H,29,30)/b19-9?,24-15+,25-10+. The van der Waals surface area contributed by atoms with Crippen molar-refractivity contribution in [2.45, 2.75) is 32.1 Å². The molecule has 4 rings (SSSR count). The number of rotatable bonds is 4. The van der Waals surface area contributed by atoms with Crippen LogP contribution in [0.15, 0.2) is 89.1 Å². The second-order valence-electron chi connectivity index (χ2n) is 7.69. The number of benzene rings is 2. The number of allylic oxidation sites excluding steroid dienone is 5. The molecular formula is C26H24ClNO2. The Kier molecular flexibility index (Phi) is 5.91. The average molecular weight is 418 g/mol. The van der Waals surface area contributed by atoms with Crippen molar-refractivity contribution in [1.29, 1.82) is 0 Å². The lowest BCUT2D eigenvalue weighted by atomic mass is 9.81. The van der Waals surface area contributed by atoms with E-state index in [1.54, 1.807) is 0 Å². The summed E-state index contributed by atoms with van der Waals surface area (Å²) < 4.78 is 0. The lowest BCUT2D eigenvalue weighted by molar-refractivity contribution is -0.132. The maximum absolute atomic E-state index is 11.8. The molecule has 0 radical (unpaired) electrons. The van der Waals surface area contributed by atoms with E-state index in [1.807, 2.05) is 24.3 Å². The first-order valence-electron chi connectivity index (χ1n) is 10.2. The topological polar surface area (TPSA) is 49.3 Å². The minimum Gasteiger partial charge on any atom is -0.478 e. The van der Waals surface area contributed by atoms with Gasteiger partial charge in [-0.3, -0.25) is 0 Å². The minimum atomic E-state index is -1.00. The number of carboxylic acids is 1. The summed E-state index contributed by atoms with van der Waals surface area (Å²) in [5.74, 6) is -0.556. The Hall–Kier alpha value is -3.04.